The van der Waals surface area contributed by atoms with Crippen molar-refractivity contribution in [1.29, 1.82) is 0 Å². The van der Waals surface area contributed by atoms with Crippen molar-refractivity contribution in [2.45, 2.75) is 65.0 Å². The van der Waals surface area contributed by atoms with E-state index in [1.165, 1.54) is 37.7 Å². The summed E-state index contributed by atoms with van der Waals surface area (Å²) in [6, 6.07) is 1.01. The molecule has 2 atom stereocenters. The summed E-state index contributed by atoms with van der Waals surface area (Å²) in [4.78, 5) is 0. The summed E-state index contributed by atoms with van der Waals surface area (Å²) >= 11 is 0. The fourth-order valence-electron chi connectivity index (χ4n) is 3.30. The van der Waals surface area contributed by atoms with Crippen LogP contribution < -0.4 is 5.32 Å². The monoisotopic (exact) mass is 249 g/mol. The Hall–Kier alpha value is -0.830. The van der Waals surface area contributed by atoms with Crippen LogP contribution in [0.1, 0.15) is 63.3 Å². The molecule has 1 aromatic rings. The first-order valence-electron chi connectivity index (χ1n) is 7.34. The highest BCUT2D eigenvalue weighted by Gasteiger charge is 2.22. The van der Waals surface area contributed by atoms with Gasteiger partial charge in [0.1, 0.15) is 0 Å². The average molecular weight is 249 g/mol. The van der Waals surface area contributed by atoms with Crippen molar-refractivity contribution in [1.82, 2.24) is 15.1 Å². The van der Waals surface area contributed by atoms with Gasteiger partial charge in [-0.1, -0.05) is 19.3 Å². The van der Waals surface area contributed by atoms with Crippen LogP contribution in [0.2, 0.25) is 0 Å². The van der Waals surface area contributed by atoms with Crippen molar-refractivity contribution in [3.63, 3.8) is 0 Å². The van der Waals surface area contributed by atoms with Crippen molar-refractivity contribution in [3.8, 4) is 0 Å². The highest BCUT2D eigenvalue weighted by molar-refractivity contribution is 5.19. The molecule has 3 nitrogen and oxygen atoms in total. The van der Waals surface area contributed by atoms with Gasteiger partial charge in [0.25, 0.3) is 0 Å². The van der Waals surface area contributed by atoms with Crippen LogP contribution in [0, 0.1) is 12.8 Å². The Morgan fingerprint density at radius 3 is 2.50 bits per heavy atom. The van der Waals surface area contributed by atoms with E-state index in [0.29, 0.717) is 12.1 Å². The zero-order valence-electron chi connectivity index (χ0n) is 12.2. The minimum atomic E-state index is 0.399. The molecule has 0 bridgehead atoms. The third-order valence-corrected chi connectivity index (χ3v) is 4.39. The molecule has 0 saturated heterocycles. The summed E-state index contributed by atoms with van der Waals surface area (Å²) in [5.74, 6) is 0.859. The van der Waals surface area contributed by atoms with Crippen molar-refractivity contribution in [3.05, 3.63) is 17.5 Å². The molecule has 0 amide bonds. The van der Waals surface area contributed by atoms with Gasteiger partial charge in [-0.2, -0.15) is 5.10 Å². The molecule has 2 unspecified atom stereocenters. The lowest BCUT2D eigenvalue weighted by atomic mass is 9.84. The molecule has 3 heteroatoms. The molecular weight excluding hydrogens is 222 g/mol. The van der Waals surface area contributed by atoms with Crippen LogP contribution in [0.5, 0.6) is 0 Å². The molecule has 102 valence electrons. The molecule has 1 fully saturated rings. The Labute approximate surface area is 111 Å². The molecule has 1 saturated carbocycles. The van der Waals surface area contributed by atoms with Crippen molar-refractivity contribution in [2.75, 3.05) is 0 Å². The summed E-state index contributed by atoms with van der Waals surface area (Å²) in [5, 5.41) is 8.20. The van der Waals surface area contributed by atoms with Crippen LogP contribution in [0.4, 0.5) is 0 Å². The van der Waals surface area contributed by atoms with Crippen molar-refractivity contribution in [2.24, 2.45) is 13.0 Å². The molecule has 0 aliphatic heterocycles. The van der Waals surface area contributed by atoms with Gasteiger partial charge >= 0.3 is 0 Å². The molecule has 18 heavy (non-hydrogen) atoms. The van der Waals surface area contributed by atoms with Gasteiger partial charge in [0.2, 0.25) is 0 Å². The van der Waals surface area contributed by atoms with Crippen LogP contribution in [-0.2, 0) is 7.05 Å². The number of aryl methyl sites for hydroxylation is 2. The molecule has 0 radical (unpaired) electrons. The maximum absolute atomic E-state index is 4.43. The number of rotatable bonds is 4. The summed E-state index contributed by atoms with van der Waals surface area (Å²) < 4.78 is 1.91. The lowest BCUT2D eigenvalue weighted by molar-refractivity contribution is 0.268. The van der Waals surface area contributed by atoms with E-state index in [1.807, 2.05) is 11.7 Å². The van der Waals surface area contributed by atoms with Crippen LogP contribution in [0.3, 0.4) is 0 Å². The maximum Gasteiger partial charge on any atom is 0.0641 e. The van der Waals surface area contributed by atoms with Gasteiger partial charge in [-0.15, -0.1) is 0 Å². The summed E-state index contributed by atoms with van der Waals surface area (Å²) in [6.07, 6.45) is 9.19. The Morgan fingerprint density at radius 2 is 1.94 bits per heavy atom. The number of hydrogen-bond acceptors (Lipinski definition) is 2. The maximum atomic E-state index is 4.43. The van der Waals surface area contributed by atoms with Crippen molar-refractivity contribution >= 4 is 0 Å². The molecule has 0 spiro atoms. The van der Waals surface area contributed by atoms with Crippen molar-refractivity contribution < 1.29 is 0 Å². The predicted octanol–water partition coefficient (Wildman–Crippen LogP) is 3.35. The van der Waals surface area contributed by atoms with Gasteiger partial charge in [-0.25, -0.2) is 0 Å². The van der Waals surface area contributed by atoms with Gasteiger partial charge in [-0.3, -0.25) is 4.68 Å². The van der Waals surface area contributed by atoms with Crippen LogP contribution >= 0.6 is 0 Å². The lowest BCUT2D eigenvalue weighted by Crippen LogP contribution is -2.36. The Kier molecular flexibility index (Phi) is 4.44. The third kappa shape index (κ3) is 3.14. The van der Waals surface area contributed by atoms with Gasteiger partial charge in [0, 0.05) is 30.9 Å². The van der Waals surface area contributed by atoms with Gasteiger partial charge in [0.15, 0.2) is 0 Å². The quantitative estimate of drug-likeness (QED) is 0.887. The Morgan fingerprint density at radius 1 is 1.28 bits per heavy atom. The van der Waals surface area contributed by atoms with E-state index < -0.39 is 0 Å². The van der Waals surface area contributed by atoms with Gasteiger partial charge in [0.05, 0.1) is 5.69 Å². The normalized spacial score (nSPS) is 20.9. The second-order valence-corrected chi connectivity index (χ2v) is 5.92. The molecule has 0 aromatic carbocycles. The fraction of sp³-hybridized carbons (Fsp3) is 0.800. The topological polar surface area (TPSA) is 29.9 Å². The van der Waals surface area contributed by atoms with E-state index in [1.54, 1.807) is 0 Å². The third-order valence-electron chi connectivity index (χ3n) is 4.39. The zero-order chi connectivity index (χ0) is 13.1. The van der Waals surface area contributed by atoms with Crippen LogP contribution in [0.15, 0.2) is 6.20 Å². The molecule has 1 heterocycles. The minimum absolute atomic E-state index is 0.399. The Bertz CT molecular complexity index is 377. The van der Waals surface area contributed by atoms with Crippen LogP contribution in [-0.4, -0.2) is 15.8 Å². The van der Waals surface area contributed by atoms with E-state index in [4.69, 9.17) is 0 Å². The van der Waals surface area contributed by atoms with E-state index in [9.17, 15) is 0 Å². The first-order chi connectivity index (χ1) is 8.58. The van der Waals surface area contributed by atoms with Gasteiger partial charge in [-0.05, 0) is 39.5 Å². The van der Waals surface area contributed by atoms with E-state index in [2.05, 4.69) is 37.4 Å². The smallest absolute Gasteiger partial charge is 0.0641 e. The largest absolute Gasteiger partial charge is 0.307 e. The summed E-state index contributed by atoms with van der Waals surface area (Å²) in [7, 11) is 1.99. The standard InChI is InChI=1S/C15H27N3/c1-11(14-8-6-5-7-9-14)16-12(2)15-10-18(4)17-13(15)3/h10-12,14,16H,5-9H2,1-4H3. The molecule has 1 aliphatic carbocycles. The zero-order valence-corrected chi connectivity index (χ0v) is 12.2. The minimum Gasteiger partial charge on any atom is -0.307 e. The highest BCUT2D eigenvalue weighted by atomic mass is 15.3. The first kappa shape index (κ1) is 13.6. The SMILES string of the molecule is Cc1nn(C)cc1C(C)NC(C)C1CCCCC1. The number of nitrogens with one attached hydrogen (secondary N) is 1. The Balaban J connectivity index is 1.93. The average Bonchev–Trinajstić information content (AvgIpc) is 2.69. The highest BCUT2D eigenvalue weighted by Crippen LogP contribution is 2.28. The van der Waals surface area contributed by atoms with Crippen LogP contribution in [0.25, 0.3) is 0 Å². The fourth-order valence-corrected chi connectivity index (χ4v) is 3.30. The van der Waals surface area contributed by atoms with E-state index in [-0.39, 0.29) is 0 Å². The molecule has 1 aliphatic rings. The first-order valence-corrected chi connectivity index (χ1v) is 7.34. The second kappa shape index (κ2) is 5.87. The van der Waals surface area contributed by atoms with Gasteiger partial charge < -0.3 is 5.32 Å². The molecule has 1 N–H and O–H groups in total. The summed E-state index contributed by atoms with van der Waals surface area (Å²) in [6.45, 7) is 6.69. The number of hydrogen-bond donors (Lipinski definition) is 1. The number of nitrogens with zero attached hydrogens (tertiary/aromatic N) is 2. The van der Waals surface area contributed by atoms with E-state index >= 15 is 0 Å². The second-order valence-electron chi connectivity index (χ2n) is 5.92. The molecule has 2 rings (SSSR count). The molecule has 1 aromatic heterocycles. The van der Waals surface area contributed by atoms with E-state index in [0.717, 1.165) is 11.6 Å². The lowest BCUT2D eigenvalue weighted by Gasteiger charge is -2.30. The molecular formula is C15H27N3. The summed E-state index contributed by atoms with van der Waals surface area (Å²) in [5.41, 5.74) is 2.48. The number of aromatic nitrogens is 2. The predicted molar refractivity (Wildman–Crippen MR) is 75.5 cm³/mol.